The van der Waals surface area contributed by atoms with Crippen molar-refractivity contribution in [3.05, 3.63) is 57.6 Å². The molecule has 124 valence electrons. The van der Waals surface area contributed by atoms with Gasteiger partial charge in [0.1, 0.15) is 18.1 Å². The summed E-state index contributed by atoms with van der Waals surface area (Å²) in [7, 11) is 0. The van der Waals surface area contributed by atoms with Gasteiger partial charge in [-0.3, -0.25) is 0 Å². The number of halogens is 3. The van der Waals surface area contributed by atoms with Gasteiger partial charge < -0.3 is 10.5 Å². The number of nitrogen functional groups attached to an aromatic ring is 1. The first-order chi connectivity index (χ1) is 11.5. The maximum Gasteiger partial charge on any atom is 0.166 e. The number of pyridine rings is 1. The fourth-order valence-corrected chi connectivity index (χ4v) is 3.01. The fourth-order valence-electron chi connectivity index (χ4n) is 2.33. The first-order valence-electron chi connectivity index (χ1n) is 7.10. The van der Waals surface area contributed by atoms with E-state index in [4.69, 9.17) is 33.7 Å². The third-order valence-electron chi connectivity index (χ3n) is 3.56. The number of hydrogen-bond donors (Lipinski definition) is 2. The Morgan fingerprint density at radius 1 is 1.33 bits per heavy atom. The van der Waals surface area contributed by atoms with E-state index in [0.717, 1.165) is 11.1 Å². The molecule has 0 spiro atoms. The predicted molar refractivity (Wildman–Crippen MR) is 92.5 cm³/mol. The molecule has 1 unspecified atom stereocenters. The van der Waals surface area contributed by atoms with Crippen LogP contribution in [0.5, 0.6) is 5.75 Å². The molecule has 24 heavy (non-hydrogen) atoms. The maximum atomic E-state index is 13.7. The van der Waals surface area contributed by atoms with Gasteiger partial charge >= 0.3 is 0 Å². The third-order valence-corrected chi connectivity index (χ3v) is 4.27. The number of ether oxygens (including phenoxy) is 1. The molecule has 4 N–H and O–H groups in total. The molecule has 8 heteroatoms. The van der Waals surface area contributed by atoms with Crippen molar-refractivity contribution in [2.24, 2.45) is 5.10 Å². The number of rotatable bonds is 4. The summed E-state index contributed by atoms with van der Waals surface area (Å²) in [4.78, 5) is 4.13. The van der Waals surface area contributed by atoms with Crippen LogP contribution in [0.1, 0.15) is 24.2 Å². The molecule has 0 radical (unpaired) electrons. The minimum Gasteiger partial charge on any atom is -0.482 e. The van der Waals surface area contributed by atoms with E-state index in [0.29, 0.717) is 16.3 Å². The first-order valence-corrected chi connectivity index (χ1v) is 7.85. The van der Waals surface area contributed by atoms with Gasteiger partial charge in [0.05, 0.1) is 16.8 Å². The first kappa shape index (κ1) is 16.7. The second kappa shape index (κ2) is 6.76. The summed E-state index contributed by atoms with van der Waals surface area (Å²) < 4.78 is 19.5. The molecule has 1 aromatic carbocycles. The van der Waals surface area contributed by atoms with Crippen LogP contribution in [0.2, 0.25) is 10.0 Å². The van der Waals surface area contributed by atoms with E-state index < -0.39 is 11.9 Å². The van der Waals surface area contributed by atoms with Crippen LogP contribution in [-0.2, 0) is 0 Å². The Bertz CT molecular complexity index is 854. The van der Waals surface area contributed by atoms with Crippen LogP contribution in [0, 0.1) is 5.82 Å². The van der Waals surface area contributed by atoms with E-state index >= 15 is 0 Å². The van der Waals surface area contributed by atoms with Crippen molar-refractivity contribution >= 4 is 40.8 Å². The molecule has 0 saturated carbocycles. The minimum atomic E-state index is -0.613. The molecule has 0 amide bonds. The number of quaternary nitrogens is 1. The molecular formula is C16H14Cl2FN4O+. The van der Waals surface area contributed by atoms with Crippen molar-refractivity contribution in [1.29, 1.82) is 0 Å². The number of hydrogen-bond acceptors (Lipinski definition) is 4. The van der Waals surface area contributed by atoms with Crippen LogP contribution in [0.3, 0.4) is 0 Å². The Kier molecular flexibility index (Phi) is 4.71. The monoisotopic (exact) mass is 367 g/mol. The largest absolute Gasteiger partial charge is 0.482 e. The molecule has 5 nitrogen and oxygen atoms in total. The lowest BCUT2D eigenvalue weighted by atomic mass is 10.1. The molecule has 2 heterocycles. The van der Waals surface area contributed by atoms with Crippen LogP contribution >= 0.6 is 23.2 Å². The van der Waals surface area contributed by atoms with Crippen LogP contribution in [0.15, 0.2) is 35.7 Å². The average molecular weight is 368 g/mol. The smallest absolute Gasteiger partial charge is 0.166 e. The highest BCUT2D eigenvalue weighted by atomic mass is 35.5. The average Bonchev–Trinajstić information content (AvgIpc) is 3.08. The summed E-state index contributed by atoms with van der Waals surface area (Å²) >= 11 is 12.1. The SMILES string of the molecule is CC(Oc1cc(C2=C[NH2+]N=C2)cnc1N)c1c(Cl)ccc(F)c1Cl. The fraction of sp³-hybridized carbons (Fsp3) is 0.125. The zero-order chi connectivity index (χ0) is 17.3. The molecule has 1 aromatic heterocycles. The van der Waals surface area contributed by atoms with Gasteiger partial charge in [0, 0.05) is 22.3 Å². The van der Waals surface area contributed by atoms with Crippen LogP contribution in [-0.4, -0.2) is 11.2 Å². The minimum absolute atomic E-state index is 0.0714. The Labute approximate surface area is 147 Å². The molecule has 3 rings (SSSR count). The highest BCUT2D eigenvalue weighted by Crippen LogP contribution is 2.36. The summed E-state index contributed by atoms with van der Waals surface area (Å²) in [5.41, 5.74) is 9.62. The zero-order valence-electron chi connectivity index (χ0n) is 12.6. The van der Waals surface area contributed by atoms with E-state index in [1.807, 2.05) is 6.20 Å². The highest BCUT2D eigenvalue weighted by Gasteiger charge is 2.20. The van der Waals surface area contributed by atoms with Gasteiger partial charge in [-0.2, -0.15) is 5.43 Å². The Morgan fingerprint density at radius 3 is 2.83 bits per heavy atom. The van der Waals surface area contributed by atoms with Crippen LogP contribution in [0.25, 0.3) is 5.57 Å². The van der Waals surface area contributed by atoms with Gasteiger partial charge in [-0.1, -0.05) is 28.3 Å². The quantitative estimate of drug-likeness (QED) is 0.643. The zero-order valence-corrected chi connectivity index (χ0v) is 14.1. The van der Waals surface area contributed by atoms with Crippen molar-refractivity contribution in [3.8, 4) is 5.75 Å². The van der Waals surface area contributed by atoms with Gasteiger partial charge in [-0.15, -0.1) is 0 Å². The second-order valence-corrected chi connectivity index (χ2v) is 5.96. The molecule has 0 saturated heterocycles. The van der Waals surface area contributed by atoms with Crippen LogP contribution < -0.4 is 15.9 Å². The molecule has 1 aliphatic heterocycles. The van der Waals surface area contributed by atoms with E-state index in [1.165, 1.54) is 12.1 Å². The molecule has 2 aromatic rings. The lowest BCUT2D eigenvalue weighted by Crippen LogP contribution is -2.69. The molecule has 0 fully saturated rings. The van der Waals surface area contributed by atoms with E-state index in [9.17, 15) is 4.39 Å². The maximum absolute atomic E-state index is 13.7. The van der Waals surface area contributed by atoms with E-state index in [1.54, 1.807) is 30.8 Å². The number of anilines is 1. The number of nitrogens with zero attached hydrogens (tertiary/aromatic N) is 2. The molecule has 0 aliphatic carbocycles. The molecule has 0 bridgehead atoms. The van der Waals surface area contributed by atoms with Crippen LogP contribution in [0.4, 0.5) is 10.2 Å². The van der Waals surface area contributed by atoms with Crippen molar-refractivity contribution in [2.75, 3.05) is 5.73 Å². The molecule has 1 atom stereocenters. The number of nitrogens with two attached hydrogens (primary N) is 2. The summed E-state index contributed by atoms with van der Waals surface area (Å²) in [5, 5.41) is 4.26. The lowest BCUT2D eigenvalue weighted by molar-refractivity contribution is -0.589. The number of allylic oxidation sites excluding steroid dienone is 1. The third kappa shape index (κ3) is 3.21. The van der Waals surface area contributed by atoms with Gasteiger partial charge in [-0.25, -0.2) is 9.37 Å². The Balaban J connectivity index is 1.92. The topological polar surface area (TPSA) is 77.1 Å². The number of aromatic nitrogens is 1. The van der Waals surface area contributed by atoms with Crippen molar-refractivity contribution < 1.29 is 14.6 Å². The highest BCUT2D eigenvalue weighted by molar-refractivity contribution is 6.36. The van der Waals surface area contributed by atoms with E-state index in [2.05, 4.69) is 10.1 Å². The molecular weight excluding hydrogens is 354 g/mol. The van der Waals surface area contributed by atoms with Gasteiger partial charge in [0.25, 0.3) is 0 Å². The summed E-state index contributed by atoms with van der Waals surface area (Å²) in [5.74, 6) is 0.0144. The number of benzene rings is 1. The van der Waals surface area contributed by atoms with Gasteiger partial charge in [-0.05, 0) is 25.1 Å². The van der Waals surface area contributed by atoms with Crippen molar-refractivity contribution in [2.45, 2.75) is 13.0 Å². The van der Waals surface area contributed by atoms with Gasteiger partial charge in [0.2, 0.25) is 0 Å². The second-order valence-electron chi connectivity index (χ2n) is 5.17. The standard InChI is InChI=1S/C16H13Cl2FN4O/c1-8(14-11(17)2-3-12(19)15(14)18)24-13-4-9(5-21-16(13)20)10-6-22-23-7-10/h2-8H,1H3,(H2,20,21)(H,22,23)/p+1. The lowest BCUT2D eigenvalue weighted by Gasteiger charge is -2.19. The summed E-state index contributed by atoms with van der Waals surface area (Å²) in [6.07, 6.45) is 4.57. The van der Waals surface area contributed by atoms with Crippen molar-refractivity contribution in [3.63, 3.8) is 0 Å². The Hall–Kier alpha value is -2.15. The summed E-state index contributed by atoms with van der Waals surface area (Å²) in [6.45, 7) is 1.71. The van der Waals surface area contributed by atoms with Gasteiger partial charge in [0.15, 0.2) is 11.6 Å². The normalized spacial score (nSPS) is 14.6. The van der Waals surface area contributed by atoms with Crippen molar-refractivity contribution in [1.82, 2.24) is 4.98 Å². The summed E-state index contributed by atoms with van der Waals surface area (Å²) in [6, 6.07) is 4.39. The predicted octanol–water partition coefficient (Wildman–Crippen LogP) is 3.15. The van der Waals surface area contributed by atoms with E-state index in [-0.39, 0.29) is 10.8 Å². The molecule has 1 aliphatic rings. The Morgan fingerprint density at radius 2 is 2.12 bits per heavy atom.